The number of amides is 3. The minimum atomic E-state index is -0.255. The Labute approximate surface area is 144 Å². The zero-order valence-electron chi connectivity index (χ0n) is 13.6. The van der Waals surface area contributed by atoms with Gasteiger partial charge < -0.3 is 9.32 Å². The Kier molecular flexibility index (Phi) is 3.85. The maximum absolute atomic E-state index is 12.4. The molecule has 0 bridgehead atoms. The van der Waals surface area contributed by atoms with Crippen molar-refractivity contribution in [3.8, 4) is 0 Å². The van der Waals surface area contributed by atoms with E-state index in [1.165, 1.54) is 11.2 Å². The van der Waals surface area contributed by atoms with Gasteiger partial charge in [0.15, 0.2) is 5.76 Å². The van der Waals surface area contributed by atoms with Crippen molar-refractivity contribution in [1.29, 1.82) is 0 Å². The number of imide groups is 1. The summed E-state index contributed by atoms with van der Waals surface area (Å²) in [6, 6.07) is 10.2. The van der Waals surface area contributed by atoms with Crippen LogP contribution in [0.4, 0.5) is 0 Å². The predicted molar refractivity (Wildman–Crippen MR) is 88.0 cm³/mol. The molecule has 0 unspecified atom stereocenters. The molecule has 3 heterocycles. The molecule has 0 radical (unpaired) electrons. The molecule has 1 aromatic carbocycles. The van der Waals surface area contributed by atoms with Gasteiger partial charge in [-0.05, 0) is 24.3 Å². The monoisotopic (exact) mass is 339 g/mol. The van der Waals surface area contributed by atoms with E-state index >= 15 is 0 Å². The van der Waals surface area contributed by atoms with E-state index in [2.05, 4.69) is 0 Å². The van der Waals surface area contributed by atoms with Crippen molar-refractivity contribution in [3.63, 3.8) is 0 Å². The number of hydrogen-bond donors (Lipinski definition) is 0. The first kappa shape index (κ1) is 15.6. The molecule has 0 spiro atoms. The number of nitrogens with zero attached hydrogens (tertiary/aromatic N) is 3. The maximum Gasteiger partial charge on any atom is 0.289 e. The first-order valence-corrected chi connectivity index (χ1v) is 8.15. The standard InChI is InChI=1S/C18H17N3O4/c22-16-13-4-1-2-5-14(13)17(23)21(16)12-19-7-9-20(10-8-19)18(24)15-6-3-11-25-15/h1-6,11H,7-10,12H2. The molecule has 0 N–H and O–H groups in total. The molecular weight excluding hydrogens is 322 g/mol. The van der Waals surface area contributed by atoms with Gasteiger partial charge in [0.05, 0.1) is 24.1 Å². The van der Waals surface area contributed by atoms with E-state index in [0.29, 0.717) is 43.1 Å². The third-order valence-corrected chi connectivity index (χ3v) is 4.61. The minimum absolute atomic E-state index is 0.134. The van der Waals surface area contributed by atoms with Gasteiger partial charge in [-0.15, -0.1) is 0 Å². The SMILES string of the molecule is O=C(c1ccco1)N1CCN(CN2C(=O)c3ccccc3C2=O)CC1. The van der Waals surface area contributed by atoms with Crippen LogP contribution in [0.25, 0.3) is 0 Å². The summed E-state index contributed by atoms with van der Waals surface area (Å²) in [5, 5.41) is 0. The van der Waals surface area contributed by atoms with E-state index in [0.717, 1.165) is 0 Å². The molecule has 1 fully saturated rings. The van der Waals surface area contributed by atoms with E-state index in [1.54, 1.807) is 41.3 Å². The van der Waals surface area contributed by atoms with Crippen LogP contribution < -0.4 is 0 Å². The average Bonchev–Trinajstić information content (AvgIpc) is 3.26. The second-order valence-electron chi connectivity index (χ2n) is 6.11. The molecule has 128 valence electrons. The van der Waals surface area contributed by atoms with Crippen LogP contribution in [0, 0.1) is 0 Å². The third-order valence-electron chi connectivity index (χ3n) is 4.61. The molecule has 2 aliphatic heterocycles. The lowest BCUT2D eigenvalue weighted by Crippen LogP contribution is -2.52. The lowest BCUT2D eigenvalue weighted by Gasteiger charge is -2.35. The van der Waals surface area contributed by atoms with Gasteiger partial charge in [0.2, 0.25) is 0 Å². The van der Waals surface area contributed by atoms with E-state index in [-0.39, 0.29) is 24.4 Å². The molecular formula is C18H17N3O4. The summed E-state index contributed by atoms with van der Waals surface area (Å²) < 4.78 is 5.14. The predicted octanol–water partition coefficient (Wildman–Crippen LogP) is 1.29. The van der Waals surface area contributed by atoms with Gasteiger partial charge in [-0.2, -0.15) is 0 Å². The van der Waals surface area contributed by atoms with Crippen LogP contribution in [0.15, 0.2) is 47.1 Å². The van der Waals surface area contributed by atoms with Gasteiger partial charge in [-0.25, -0.2) is 0 Å². The molecule has 25 heavy (non-hydrogen) atoms. The minimum Gasteiger partial charge on any atom is -0.459 e. The second-order valence-corrected chi connectivity index (χ2v) is 6.11. The lowest BCUT2D eigenvalue weighted by atomic mass is 10.1. The van der Waals surface area contributed by atoms with Crippen LogP contribution in [0.5, 0.6) is 0 Å². The van der Waals surface area contributed by atoms with Crippen molar-refractivity contribution in [3.05, 3.63) is 59.5 Å². The first-order valence-electron chi connectivity index (χ1n) is 8.15. The summed E-state index contributed by atoms with van der Waals surface area (Å²) in [6.07, 6.45) is 1.48. The van der Waals surface area contributed by atoms with Crippen molar-refractivity contribution in [2.45, 2.75) is 0 Å². The third kappa shape index (κ3) is 2.72. The van der Waals surface area contributed by atoms with Gasteiger partial charge in [-0.1, -0.05) is 12.1 Å². The molecule has 4 rings (SSSR count). The quantitative estimate of drug-likeness (QED) is 0.788. The highest BCUT2D eigenvalue weighted by Gasteiger charge is 2.36. The normalized spacial score (nSPS) is 17.9. The van der Waals surface area contributed by atoms with E-state index in [1.807, 2.05) is 4.90 Å². The van der Waals surface area contributed by atoms with Gasteiger partial charge in [0, 0.05) is 26.2 Å². The topological polar surface area (TPSA) is 74.1 Å². The summed E-state index contributed by atoms with van der Waals surface area (Å²) in [6.45, 7) is 2.50. The number of fused-ring (bicyclic) bond motifs is 1. The molecule has 0 saturated carbocycles. The highest BCUT2D eigenvalue weighted by atomic mass is 16.3. The highest BCUT2D eigenvalue weighted by molar-refractivity contribution is 6.21. The molecule has 7 nitrogen and oxygen atoms in total. The van der Waals surface area contributed by atoms with Crippen molar-refractivity contribution < 1.29 is 18.8 Å². The summed E-state index contributed by atoms with van der Waals surface area (Å²) in [4.78, 5) is 42.1. The number of carbonyl (C=O) groups excluding carboxylic acids is 3. The maximum atomic E-state index is 12.4. The average molecular weight is 339 g/mol. The Bertz CT molecular complexity index is 788. The Balaban J connectivity index is 1.37. The van der Waals surface area contributed by atoms with Crippen molar-refractivity contribution in [2.24, 2.45) is 0 Å². The molecule has 2 aromatic rings. The van der Waals surface area contributed by atoms with Crippen LogP contribution >= 0.6 is 0 Å². The fraction of sp³-hybridized carbons (Fsp3) is 0.278. The summed E-state index contributed by atoms with van der Waals surface area (Å²) in [7, 11) is 0. The van der Waals surface area contributed by atoms with Crippen LogP contribution in [-0.4, -0.2) is 65.3 Å². The number of furan rings is 1. The highest BCUT2D eigenvalue weighted by Crippen LogP contribution is 2.23. The number of piperazine rings is 1. The van der Waals surface area contributed by atoms with Gasteiger partial charge in [0.25, 0.3) is 17.7 Å². The zero-order valence-corrected chi connectivity index (χ0v) is 13.6. The van der Waals surface area contributed by atoms with Crippen molar-refractivity contribution in [2.75, 3.05) is 32.8 Å². The van der Waals surface area contributed by atoms with Crippen LogP contribution in [-0.2, 0) is 0 Å². The Morgan fingerprint density at radius 3 is 2.12 bits per heavy atom. The first-order chi connectivity index (χ1) is 12.1. The largest absolute Gasteiger partial charge is 0.459 e. The lowest BCUT2D eigenvalue weighted by molar-refractivity contribution is 0.0401. The van der Waals surface area contributed by atoms with Gasteiger partial charge in [0.1, 0.15) is 0 Å². The number of hydrogen-bond acceptors (Lipinski definition) is 5. The fourth-order valence-corrected chi connectivity index (χ4v) is 3.22. The summed E-state index contributed by atoms with van der Waals surface area (Å²) >= 11 is 0. The van der Waals surface area contributed by atoms with Crippen LogP contribution in [0.1, 0.15) is 31.3 Å². The zero-order chi connectivity index (χ0) is 17.4. The van der Waals surface area contributed by atoms with Gasteiger partial charge in [-0.3, -0.25) is 24.2 Å². The fourth-order valence-electron chi connectivity index (χ4n) is 3.22. The van der Waals surface area contributed by atoms with E-state index in [4.69, 9.17) is 4.42 Å². The number of benzene rings is 1. The number of carbonyl (C=O) groups is 3. The van der Waals surface area contributed by atoms with E-state index < -0.39 is 0 Å². The van der Waals surface area contributed by atoms with Crippen molar-refractivity contribution in [1.82, 2.24) is 14.7 Å². The van der Waals surface area contributed by atoms with Crippen LogP contribution in [0.2, 0.25) is 0 Å². The summed E-state index contributed by atoms with van der Waals surface area (Å²) in [5.74, 6) is -0.316. The molecule has 7 heteroatoms. The molecule has 3 amide bonds. The van der Waals surface area contributed by atoms with Crippen molar-refractivity contribution >= 4 is 17.7 Å². The number of rotatable bonds is 3. The Hall–Kier alpha value is -2.93. The van der Waals surface area contributed by atoms with E-state index in [9.17, 15) is 14.4 Å². The summed E-state index contributed by atoms with van der Waals surface area (Å²) in [5.41, 5.74) is 0.915. The molecule has 1 saturated heterocycles. The molecule has 1 aromatic heterocycles. The second kappa shape index (κ2) is 6.18. The molecule has 2 aliphatic rings. The molecule has 0 aliphatic carbocycles. The Morgan fingerprint density at radius 2 is 1.56 bits per heavy atom. The van der Waals surface area contributed by atoms with Gasteiger partial charge >= 0.3 is 0 Å². The smallest absolute Gasteiger partial charge is 0.289 e. The molecule has 0 atom stereocenters. The van der Waals surface area contributed by atoms with Crippen LogP contribution in [0.3, 0.4) is 0 Å². The Morgan fingerprint density at radius 1 is 0.920 bits per heavy atom.